The lowest BCUT2D eigenvalue weighted by molar-refractivity contribution is -0.136. The average molecular weight is 524 g/mol. The van der Waals surface area contributed by atoms with Gasteiger partial charge in [-0.15, -0.1) is 0 Å². The number of alkyl halides is 3. The zero-order chi connectivity index (χ0) is 27.0. The highest BCUT2D eigenvalue weighted by Crippen LogP contribution is 2.38. The Kier molecular flexibility index (Phi) is 6.41. The quantitative estimate of drug-likeness (QED) is 0.175. The maximum atomic E-state index is 14.5. The van der Waals surface area contributed by atoms with Gasteiger partial charge in [-0.25, -0.2) is 17.6 Å². The number of rotatable bonds is 3. The summed E-state index contributed by atoms with van der Waals surface area (Å²) in [6.07, 6.45) is -4.74. The highest BCUT2D eigenvalue weighted by Gasteiger charge is 2.34. The van der Waals surface area contributed by atoms with Gasteiger partial charge in [0.1, 0.15) is 28.8 Å². The fraction of sp³-hybridized carbons (Fsp3) is 0.0690. The molecule has 1 aromatic heterocycles. The van der Waals surface area contributed by atoms with Crippen LogP contribution in [-0.4, -0.2) is 9.78 Å². The third-order valence-electron chi connectivity index (χ3n) is 5.80. The van der Waals surface area contributed by atoms with Gasteiger partial charge in [-0.05, 0) is 36.4 Å². The van der Waals surface area contributed by atoms with Crippen molar-refractivity contribution < 1.29 is 30.7 Å². The van der Waals surface area contributed by atoms with Crippen molar-refractivity contribution in [1.82, 2.24) is 9.78 Å². The first-order valence-corrected chi connectivity index (χ1v) is 11.2. The van der Waals surface area contributed by atoms with Gasteiger partial charge in [-0.2, -0.15) is 18.3 Å². The third kappa shape index (κ3) is 4.98. The van der Waals surface area contributed by atoms with Crippen LogP contribution < -0.4 is 0 Å². The molecule has 0 fully saturated rings. The standard InChI is InChI=1S/C29H15F7N2/c30-20-7-2-5-18(13-20)11-10-17-4-1-6-19(12-17)28-22-8-3-9-24(29(34,35)36)27(22)37-38(28)16-23-25(32)14-21(31)15-26(23)33/h1-9,12-15H,16H2. The van der Waals surface area contributed by atoms with Gasteiger partial charge in [0, 0.05) is 39.8 Å². The van der Waals surface area contributed by atoms with Gasteiger partial charge < -0.3 is 0 Å². The van der Waals surface area contributed by atoms with Gasteiger partial charge in [0.2, 0.25) is 0 Å². The van der Waals surface area contributed by atoms with Gasteiger partial charge >= 0.3 is 6.18 Å². The molecule has 38 heavy (non-hydrogen) atoms. The number of nitrogens with zero attached hydrogens (tertiary/aromatic N) is 2. The number of halogens is 7. The SMILES string of the molecule is Fc1cccc(C#Cc2cccc(-c3c4cccc(C(F)(F)F)c4nn3Cc3c(F)cc(F)cc3F)c2)c1. The largest absolute Gasteiger partial charge is 0.418 e. The fourth-order valence-electron chi connectivity index (χ4n) is 4.13. The number of hydrogen-bond acceptors (Lipinski definition) is 1. The van der Waals surface area contributed by atoms with Crippen molar-refractivity contribution in [3.8, 4) is 23.1 Å². The van der Waals surface area contributed by atoms with Crippen LogP contribution in [0.1, 0.15) is 22.3 Å². The van der Waals surface area contributed by atoms with E-state index < -0.39 is 52.6 Å². The first kappa shape index (κ1) is 25.1. The predicted molar refractivity (Wildman–Crippen MR) is 128 cm³/mol. The van der Waals surface area contributed by atoms with Crippen molar-refractivity contribution in [2.45, 2.75) is 12.7 Å². The summed E-state index contributed by atoms with van der Waals surface area (Å²) in [6.45, 7) is -0.599. The first-order valence-electron chi connectivity index (χ1n) is 11.2. The molecule has 0 unspecified atom stereocenters. The summed E-state index contributed by atoms with van der Waals surface area (Å²) in [5.74, 6) is 1.72. The van der Waals surface area contributed by atoms with E-state index in [0.29, 0.717) is 28.8 Å². The summed E-state index contributed by atoms with van der Waals surface area (Å²) >= 11 is 0. The van der Waals surface area contributed by atoms with Crippen LogP contribution >= 0.6 is 0 Å². The molecular weight excluding hydrogens is 509 g/mol. The van der Waals surface area contributed by atoms with E-state index in [1.165, 1.54) is 30.3 Å². The van der Waals surface area contributed by atoms with E-state index in [0.717, 1.165) is 10.7 Å². The zero-order valence-corrected chi connectivity index (χ0v) is 19.3. The Balaban J connectivity index is 1.68. The summed E-state index contributed by atoms with van der Waals surface area (Å²) in [4.78, 5) is 0. The highest BCUT2D eigenvalue weighted by molar-refractivity contribution is 5.95. The predicted octanol–water partition coefficient (Wildman–Crippen LogP) is 7.73. The van der Waals surface area contributed by atoms with Crippen LogP contribution in [0.25, 0.3) is 22.2 Å². The van der Waals surface area contributed by atoms with E-state index in [4.69, 9.17) is 0 Å². The smallest absolute Gasteiger partial charge is 0.259 e. The maximum absolute atomic E-state index is 14.5. The molecule has 190 valence electrons. The Morgan fingerprint density at radius 3 is 2.00 bits per heavy atom. The van der Waals surface area contributed by atoms with E-state index >= 15 is 0 Å². The number of hydrogen-bond donors (Lipinski definition) is 0. The van der Waals surface area contributed by atoms with Gasteiger partial charge in [0.25, 0.3) is 0 Å². The second-order valence-corrected chi connectivity index (χ2v) is 8.39. The Morgan fingerprint density at radius 2 is 1.34 bits per heavy atom. The minimum Gasteiger partial charge on any atom is -0.259 e. The zero-order valence-electron chi connectivity index (χ0n) is 19.3. The highest BCUT2D eigenvalue weighted by atomic mass is 19.4. The lowest BCUT2D eigenvalue weighted by atomic mass is 10.0. The lowest BCUT2D eigenvalue weighted by Crippen LogP contribution is -2.09. The maximum Gasteiger partial charge on any atom is 0.418 e. The molecule has 0 aliphatic carbocycles. The fourth-order valence-corrected chi connectivity index (χ4v) is 4.13. The molecule has 0 bridgehead atoms. The normalized spacial score (nSPS) is 11.4. The molecule has 0 amide bonds. The van der Waals surface area contributed by atoms with Crippen LogP contribution in [0, 0.1) is 35.1 Å². The van der Waals surface area contributed by atoms with Crippen molar-refractivity contribution in [1.29, 1.82) is 0 Å². The minimum atomic E-state index is -4.74. The number of fused-ring (bicyclic) bond motifs is 1. The Hall–Kier alpha value is -4.58. The molecule has 2 nitrogen and oxygen atoms in total. The molecule has 0 saturated carbocycles. The number of benzene rings is 4. The van der Waals surface area contributed by atoms with Crippen LogP contribution in [0.2, 0.25) is 0 Å². The summed E-state index contributed by atoms with van der Waals surface area (Å²) in [5.41, 5.74) is -0.575. The Bertz CT molecular complexity index is 1720. The van der Waals surface area contributed by atoms with Crippen LogP contribution in [0.4, 0.5) is 30.7 Å². The molecule has 0 spiro atoms. The molecule has 5 rings (SSSR count). The number of aromatic nitrogens is 2. The molecule has 1 heterocycles. The summed E-state index contributed by atoms with van der Waals surface area (Å²) in [6, 6.07) is 16.6. The Labute approximate surface area is 212 Å². The van der Waals surface area contributed by atoms with Crippen molar-refractivity contribution in [3.05, 3.63) is 124 Å². The lowest BCUT2D eigenvalue weighted by Gasteiger charge is -2.11. The molecule has 0 aliphatic heterocycles. The van der Waals surface area contributed by atoms with Gasteiger partial charge in [-0.1, -0.05) is 42.2 Å². The second-order valence-electron chi connectivity index (χ2n) is 8.39. The summed E-state index contributed by atoms with van der Waals surface area (Å²) in [7, 11) is 0. The monoisotopic (exact) mass is 524 g/mol. The van der Waals surface area contributed by atoms with Crippen molar-refractivity contribution in [3.63, 3.8) is 0 Å². The summed E-state index contributed by atoms with van der Waals surface area (Å²) < 4.78 is 98.2. The molecule has 0 aliphatic rings. The minimum absolute atomic E-state index is 0.0954. The molecule has 9 heteroatoms. The molecule has 0 atom stereocenters. The first-order chi connectivity index (χ1) is 18.1. The van der Waals surface area contributed by atoms with E-state index in [-0.39, 0.29) is 11.1 Å². The van der Waals surface area contributed by atoms with Crippen molar-refractivity contribution in [2.24, 2.45) is 0 Å². The van der Waals surface area contributed by atoms with Crippen molar-refractivity contribution in [2.75, 3.05) is 0 Å². The third-order valence-corrected chi connectivity index (χ3v) is 5.80. The van der Waals surface area contributed by atoms with Crippen LogP contribution in [0.5, 0.6) is 0 Å². The molecule has 4 aromatic carbocycles. The molecule has 0 radical (unpaired) electrons. The van der Waals surface area contributed by atoms with Crippen molar-refractivity contribution >= 4 is 10.9 Å². The molecule has 5 aromatic rings. The molecular formula is C29H15F7N2. The van der Waals surface area contributed by atoms with Gasteiger partial charge in [-0.3, -0.25) is 4.68 Å². The van der Waals surface area contributed by atoms with E-state index in [1.54, 1.807) is 30.3 Å². The van der Waals surface area contributed by atoms with E-state index in [2.05, 4.69) is 16.9 Å². The Morgan fingerprint density at radius 1 is 0.711 bits per heavy atom. The van der Waals surface area contributed by atoms with Crippen LogP contribution in [0.3, 0.4) is 0 Å². The van der Waals surface area contributed by atoms with Crippen LogP contribution in [0.15, 0.2) is 78.9 Å². The topological polar surface area (TPSA) is 17.8 Å². The second kappa shape index (κ2) is 9.71. The molecule has 0 saturated heterocycles. The van der Waals surface area contributed by atoms with Gasteiger partial charge in [0.05, 0.1) is 17.8 Å². The van der Waals surface area contributed by atoms with E-state index in [1.807, 2.05) is 0 Å². The van der Waals surface area contributed by atoms with Gasteiger partial charge in [0.15, 0.2) is 0 Å². The van der Waals surface area contributed by atoms with E-state index in [9.17, 15) is 30.7 Å². The summed E-state index contributed by atoms with van der Waals surface area (Å²) in [5, 5.41) is 4.18. The van der Waals surface area contributed by atoms with Crippen LogP contribution in [-0.2, 0) is 12.7 Å². The average Bonchev–Trinajstić information content (AvgIpc) is 3.22. The molecule has 0 N–H and O–H groups in total.